The van der Waals surface area contributed by atoms with Crippen LogP contribution >= 0.6 is 23.4 Å². The van der Waals surface area contributed by atoms with E-state index in [1.807, 2.05) is 25.1 Å². The number of rotatable bonds is 6. The molecule has 0 saturated carbocycles. The van der Waals surface area contributed by atoms with E-state index in [-0.39, 0.29) is 0 Å². The second-order valence-corrected chi connectivity index (χ2v) is 5.06. The number of hydrogen-bond acceptors (Lipinski definition) is 3. The molecule has 0 unspecified atom stereocenters. The van der Waals surface area contributed by atoms with Gasteiger partial charge in [0.25, 0.3) is 0 Å². The Morgan fingerprint density at radius 1 is 1.56 bits per heavy atom. The highest BCUT2D eigenvalue weighted by Gasteiger charge is 2.05. The van der Waals surface area contributed by atoms with Gasteiger partial charge < -0.3 is 9.72 Å². The molecule has 0 aliphatic carbocycles. The molecule has 5 heteroatoms. The molecule has 1 aromatic heterocycles. The third-order valence-corrected chi connectivity index (χ3v) is 3.74. The van der Waals surface area contributed by atoms with Crippen LogP contribution in [0.15, 0.2) is 35.5 Å². The van der Waals surface area contributed by atoms with Crippen LogP contribution in [0.2, 0.25) is 0 Å². The number of nitrogens with zero attached hydrogens (tertiary/aromatic N) is 1. The molecule has 18 heavy (non-hydrogen) atoms. The fourth-order valence-corrected chi connectivity index (χ4v) is 2.49. The zero-order valence-electron chi connectivity index (χ0n) is 10.2. The van der Waals surface area contributed by atoms with Gasteiger partial charge in [-0.1, -0.05) is 23.9 Å². The SMILES string of the molecule is C=C(CCl)CSc1nc2ccc(OCC)cc2[nH]1. The topological polar surface area (TPSA) is 37.9 Å². The van der Waals surface area contributed by atoms with E-state index in [4.69, 9.17) is 16.3 Å². The molecule has 1 aromatic carbocycles. The molecule has 0 bridgehead atoms. The van der Waals surface area contributed by atoms with Crippen LogP contribution in [0, 0.1) is 0 Å². The van der Waals surface area contributed by atoms with Crippen molar-refractivity contribution >= 4 is 34.4 Å². The summed E-state index contributed by atoms with van der Waals surface area (Å²) in [6, 6.07) is 5.85. The lowest BCUT2D eigenvalue weighted by atomic mass is 10.3. The minimum absolute atomic E-state index is 0.488. The largest absolute Gasteiger partial charge is 0.494 e. The van der Waals surface area contributed by atoms with Crippen LogP contribution in [0.25, 0.3) is 11.0 Å². The predicted molar refractivity (Wildman–Crippen MR) is 77.8 cm³/mol. The summed E-state index contributed by atoms with van der Waals surface area (Å²) in [5.74, 6) is 2.12. The highest BCUT2D eigenvalue weighted by atomic mass is 35.5. The van der Waals surface area contributed by atoms with E-state index in [0.29, 0.717) is 12.5 Å². The molecule has 1 N–H and O–H groups in total. The monoisotopic (exact) mass is 282 g/mol. The lowest BCUT2D eigenvalue weighted by Crippen LogP contribution is -1.90. The first-order valence-corrected chi connectivity index (χ1v) is 7.23. The van der Waals surface area contributed by atoms with Crippen LogP contribution in [0.1, 0.15) is 6.92 Å². The molecule has 0 aliphatic heterocycles. The van der Waals surface area contributed by atoms with Crippen LogP contribution in [-0.2, 0) is 0 Å². The van der Waals surface area contributed by atoms with Gasteiger partial charge in [-0.05, 0) is 19.1 Å². The Morgan fingerprint density at radius 2 is 2.39 bits per heavy atom. The number of fused-ring (bicyclic) bond motifs is 1. The molecule has 0 spiro atoms. The summed E-state index contributed by atoms with van der Waals surface area (Å²) in [5, 5.41) is 0.880. The van der Waals surface area contributed by atoms with Gasteiger partial charge in [0, 0.05) is 17.7 Å². The summed E-state index contributed by atoms with van der Waals surface area (Å²) < 4.78 is 5.45. The summed E-state index contributed by atoms with van der Waals surface area (Å²) in [6.45, 7) is 6.50. The van der Waals surface area contributed by atoms with Crippen LogP contribution in [-0.4, -0.2) is 28.2 Å². The predicted octanol–water partition coefficient (Wildman–Crippen LogP) is 3.85. The highest BCUT2D eigenvalue weighted by molar-refractivity contribution is 7.99. The molecular formula is C13H15ClN2OS. The molecule has 1 heterocycles. The molecule has 0 atom stereocenters. The molecular weight excluding hydrogens is 268 g/mol. The van der Waals surface area contributed by atoms with Crippen LogP contribution in [0.4, 0.5) is 0 Å². The molecule has 0 aliphatic rings. The van der Waals surface area contributed by atoms with E-state index >= 15 is 0 Å². The van der Waals surface area contributed by atoms with Crippen molar-refractivity contribution in [3.8, 4) is 5.75 Å². The molecule has 0 fully saturated rings. The number of nitrogens with one attached hydrogen (secondary N) is 1. The molecule has 0 radical (unpaired) electrons. The first kappa shape index (κ1) is 13.3. The van der Waals surface area contributed by atoms with E-state index < -0.39 is 0 Å². The number of benzene rings is 1. The van der Waals surface area contributed by atoms with Gasteiger partial charge in [0.15, 0.2) is 5.16 Å². The van der Waals surface area contributed by atoms with Crippen molar-refractivity contribution in [3.63, 3.8) is 0 Å². The number of aromatic nitrogens is 2. The van der Waals surface area contributed by atoms with Gasteiger partial charge in [0.1, 0.15) is 5.75 Å². The maximum atomic E-state index is 5.69. The van der Waals surface area contributed by atoms with E-state index in [2.05, 4.69) is 16.5 Å². The Hall–Kier alpha value is -1.13. The number of alkyl halides is 1. The normalized spacial score (nSPS) is 10.8. The van der Waals surface area contributed by atoms with Crippen molar-refractivity contribution in [1.82, 2.24) is 9.97 Å². The zero-order valence-corrected chi connectivity index (χ0v) is 11.8. The average Bonchev–Trinajstić information content (AvgIpc) is 2.78. The van der Waals surface area contributed by atoms with Crippen molar-refractivity contribution in [2.45, 2.75) is 12.1 Å². The van der Waals surface area contributed by atoms with Crippen LogP contribution in [0.3, 0.4) is 0 Å². The number of thioether (sulfide) groups is 1. The molecule has 2 aromatic rings. The van der Waals surface area contributed by atoms with Gasteiger partial charge in [-0.25, -0.2) is 4.98 Å². The van der Waals surface area contributed by atoms with Crippen molar-refractivity contribution in [2.24, 2.45) is 0 Å². The van der Waals surface area contributed by atoms with Gasteiger partial charge >= 0.3 is 0 Å². The Balaban J connectivity index is 2.14. The quantitative estimate of drug-likeness (QED) is 0.497. The van der Waals surface area contributed by atoms with Gasteiger partial charge in [0.05, 0.1) is 17.6 Å². The first-order chi connectivity index (χ1) is 8.72. The third-order valence-electron chi connectivity index (χ3n) is 2.34. The molecule has 0 saturated heterocycles. The fraction of sp³-hybridized carbons (Fsp3) is 0.308. The summed E-state index contributed by atoms with van der Waals surface area (Å²) in [7, 11) is 0. The lowest BCUT2D eigenvalue weighted by Gasteiger charge is -2.00. The van der Waals surface area contributed by atoms with Crippen molar-refractivity contribution in [3.05, 3.63) is 30.4 Å². The summed E-state index contributed by atoms with van der Waals surface area (Å²) in [4.78, 5) is 7.75. The summed E-state index contributed by atoms with van der Waals surface area (Å²) in [5.41, 5.74) is 2.93. The highest BCUT2D eigenvalue weighted by Crippen LogP contribution is 2.24. The minimum Gasteiger partial charge on any atom is -0.494 e. The Morgan fingerprint density at radius 3 is 3.11 bits per heavy atom. The van der Waals surface area contributed by atoms with E-state index in [9.17, 15) is 0 Å². The van der Waals surface area contributed by atoms with Crippen LogP contribution < -0.4 is 4.74 Å². The summed E-state index contributed by atoms with van der Waals surface area (Å²) >= 11 is 7.30. The average molecular weight is 283 g/mol. The van der Waals surface area contributed by atoms with Gasteiger partial charge in [-0.2, -0.15) is 0 Å². The van der Waals surface area contributed by atoms with E-state index in [1.54, 1.807) is 11.8 Å². The van der Waals surface area contributed by atoms with Crippen molar-refractivity contribution in [1.29, 1.82) is 0 Å². The second kappa shape index (κ2) is 6.16. The molecule has 96 valence electrons. The Labute approximate surface area is 116 Å². The van der Waals surface area contributed by atoms with Gasteiger partial charge in [-0.15, -0.1) is 11.6 Å². The number of H-pyrrole nitrogens is 1. The number of hydrogen-bond donors (Lipinski definition) is 1. The van der Waals surface area contributed by atoms with Crippen molar-refractivity contribution < 1.29 is 4.74 Å². The number of aromatic amines is 1. The summed E-state index contributed by atoms with van der Waals surface area (Å²) in [6.07, 6.45) is 0. The minimum atomic E-state index is 0.488. The third kappa shape index (κ3) is 3.21. The van der Waals surface area contributed by atoms with Crippen molar-refractivity contribution in [2.75, 3.05) is 18.2 Å². The standard InChI is InChI=1S/C13H15ClN2OS/c1-3-17-10-4-5-11-12(6-10)16-13(15-11)18-8-9(2)7-14/h4-6H,2-3,7-8H2,1H3,(H,15,16). The van der Waals surface area contributed by atoms with Gasteiger partial charge in [-0.3, -0.25) is 0 Å². The van der Waals surface area contributed by atoms with E-state index in [1.165, 1.54) is 0 Å². The maximum absolute atomic E-state index is 5.69. The first-order valence-electron chi connectivity index (χ1n) is 5.71. The van der Waals surface area contributed by atoms with Crippen LogP contribution in [0.5, 0.6) is 5.75 Å². The number of halogens is 1. The zero-order chi connectivity index (χ0) is 13.0. The molecule has 3 nitrogen and oxygen atoms in total. The number of ether oxygens (including phenoxy) is 1. The smallest absolute Gasteiger partial charge is 0.166 e. The molecule has 2 rings (SSSR count). The molecule has 0 amide bonds. The Kier molecular flexibility index (Phi) is 4.55. The second-order valence-electron chi connectivity index (χ2n) is 3.83. The number of imidazole rings is 1. The van der Waals surface area contributed by atoms with Gasteiger partial charge in [0.2, 0.25) is 0 Å². The Bertz CT molecular complexity index is 553. The fourth-order valence-electron chi connectivity index (χ4n) is 1.50. The maximum Gasteiger partial charge on any atom is 0.166 e. The lowest BCUT2D eigenvalue weighted by molar-refractivity contribution is 0.340. The van der Waals surface area contributed by atoms with E-state index in [0.717, 1.165) is 33.3 Å².